The number of carboxylic acid groups (broad SMARTS) is 1. The van der Waals surface area contributed by atoms with E-state index >= 15 is 0 Å². The standard InChI is InChI=1S/C13H17NO3S/c1-13(14-10(8-18-13)12(15)16)7-9-5-3-4-6-11(9)17-2/h3-6,10,14H,7-8H2,1-2H3,(H,15,16)/t10-,13?/m0/s1. The summed E-state index contributed by atoms with van der Waals surface area (Å²) in [5, 5.41) is 12.2. The molecule has 2 atom stereocenters. The van der Waals surface area contributed by atoms with E-state index in [4.69, 9.17) is 9.84 Å². The molecule has 98 valence electrons. The number of hydrogen-bond acceptors (Lipinski definition) is 4. The minimum absolute atomic E-state index is 0.252. The number of para-hydroxylation sites is 1. The van der Waals surface area contributed by atoms with Crippen LogP contribution in [-0.4, -0.2) is 34.9 Å². The number of nitrogens with one attached hydrogen (secondary N) is 1. The zero-order valence-corrected chi connectivity index (χ0v) is 11.3. The average Bonchev–Trinajstić information content (AvgIpc) is 2.72. The number of methoxy groups -OCH3 is 1. The van der Waals surface area contributed by atoms with Crippen LogP contribution in [0, 0.1) is 0 Å². The lowest BCUT2D eigenvalue weighted by molar-refractivity contribution is -0.138. The molecule has 2 N–H and O–H groups in total. The van der Waals surface area contributed by atoms with Crippen molar-refractivity contribution in [3.05, 3.63) is 29.8 Å². The zero-order chi connectivity index (χ0) is 13.2. The molecule has 0 radical (unpaired) electrons. The highest BCUT2D eigenvalue weighted by molar-refractivity contribution is 8.00. The molecular formula is C13H17NO3S. The number of ether oxygens (including phenoxy) is 1. The maximum atomic E-state index is 11.0. The number of thioether (sulfide) groups is 1. The third-order valence-electron chi connectivity index (χ3n) is 3.07. The summed E-state index contributed by atoms with van der Waals surface area (Å²) in [6.07, 6.45) is 0.742. The van der Waals surface area contributed by atoms with E-state index < -0.39 is 12.0 Å². The topological polar surface area (TPSA) is 58.6 Å². The van der Waals surface area contributed by atoms with Gasteiger partial charge in [-0.3, -0.25) is 10.1 Å². The predicted octanol–water partition coefficient (Wildman–Crippen LogP) is 1.74. The number of carbonyl (C=O) groups is 1. The Morgan fingerprint density at radius 2 is 2.33 bits per heavy atom. The van der Waals surface area contributed by atoms with Crippen LogP contribution in [-0.2, 0) is 11.2 Å². The van der Waals surface area contributed by atoms with E-state index in [0.29, 0.717) is 5.75 Å². The lowest BCUT2D eigenvalue weighted by Crippen LogP contribution is -2.44. The van der Waals surface area contributed by atoms with Crippen LogP contribution < -0.4 is 10.1 Å². The van der Waals surface area contributed by atoms with Gasteiger partial charge >= 0.3 is 5.97 Å². The molecule has 1 saturated heterocycles. The molecule has 1 aromatic rings. The van der Waals surface area contributed by atoms with Crippen LogP contribution >= 0.6 is 11.8 Å². The maximum Gasteiger partial charge on any atom is 0.321 e. The molecule has 1 fully saturated rings. The Morgan fingerprint density at radius 3 is 2.94 bits per heavy atom. The second-order valence-corrected chi connectivity index (χ2v) is 6.09. The van der Waals surface area contributed by atoms with Crippen molar-refractivity contribution in [2.75, 3.05) is 12.9 Å². The summed E-state index contributed by atoms with van der Waals surface area (Å²) >= 11 is 1.65. The van der Waals surface area contributed by atoms with Crippen molar-refractivity contribution < 1.29 is 14.6 Å². The minimum Gasteiger partial charge on any atom is -0.496 e. The maximum absolute atomic E-state index is 11.0. The van der Waals surface area contributed by atoms with E-state index in [0.717, 1.165) is 17.7 Å². The molecule has 1 aromatic carbocycles. The van der Waals surface area contributed by atoms with Gasteiger partial charge in [0.2, 0.25) is 0 Å². The predicted molar refractivity (Wildman–Crippen MR) is 72.1 cm³/mol. The molecule has 4 nitrogen and oxygen atoms in total. The van der Waals surface area contributed by atoms with Gasteiger partial charge in [-0.1, -0.05) is 18.2 Å². The Bertz CT molecular complexity index is 452. The monoisotopic (exact) mass is 267 g/mol. The Labute approximate surface area is 111 Å². The van der Waals surface area contributed by atoms with E-state index in [1.54, 1.807) is 18.9 Å². The van der Waals surface area contributed by atoms with Crippen LogP contribution in [0.4, 0.5) is 0 Å². The summed E-state index contributed by atoms with van der Waals surface area (Å²) in [5.74, 6) is 0.659. The molecular weight excluding hydrogens is 250 g/mol. The van der Waals surface area contributed by atoms with Crippen LogP contribution in [0.25, 0.3) is 0 Å². The Kier molecular flexibility index (Phi) is 3.82. The van der Waals surface area contributed by atoms with Crippen LogP contribution in [0.1, 0.15) is 12.5 Å². The summed E-state index contributed by atoms with van der Waals surface area (Å²) in [4.78, 5) is 10.7. The van der Waals surface area contributed by atoms with Crippen LogP contribution in [0.2, 0.25) is 0 Å². The zero-order valence-electron chi connectivity index (χ0n) is 10.5. The van der Waals surface area contributed by atoms with Gasteiger partial charge in [0.05, 0.1) is 12.0 Å². The van der Waals surface area contributed by atoms with Gasteiger partial charge in [-0.25, -0.2) is 0 Å². The molecule has 1 aliphatic rings. The van der Waals surface area contributed by atoms with E-state index in [9.17, 15) is 4.79 Å². The van der Waals surface area contributed by atoms with Crippen molar-refractivity contribution >= 4 is 17.7 Å². The highest BCUT2D eigenvalue weighted by atomic mass is 32.2. The fourth-order valence-electron chi connectivity index (χ4n) is 2.17. The Balaban J connectivity index is 2.12. The minimum atomic E-state index is -0.786. The first-order valence-corrected chi connectivity index (χ1v) is 6.79. The SMILES string of the molecule is COc1ccccc1CC1(C)N[C@H](C(=O)O)CS1. The van der Waals surface area contributed by atoms with Gasteiger partial charge in [0, 0.05) is 12.2 Å². The van der Waals surface area contributed by atoms with E-state index in [1.165, 1.54) is 0 Å². The molecule has 18 heavy (non-hydrogen) atoms. The second-order valence-electron chi connectivity index (χ2n) is 4.57. The van der Waals surface area contributed by atoms with Crippen LogP contribution in [0.3, 0.4) is 0 Å². The Morgan fingerprint density at radius 1 is 1.61 bits per heavy atom. The molecule has 0 aliphatic carbocycles. The molecule has 0 saturated carbocycles. The molecule has 5 heteroatoms. The van der Waals surface area contributed by atoms with Gasteiger partial charge in [0.25, 0.3) is 0 Å². The largest absolute Gasteiger partial charge is 0.496 e. The van der Waals surface area contributed by atoms with Crippen molar-refractivity contribution in [1.82, 2.24) is 5.32 Å². The smallest absolute Gasteiger partial charge is 0.321 e. The quantitative estimate of drug-likeness (QED) is 0.870. The van der Waals surface area contributed by atoms with Crippen molar-refractivity contribution in [2.45, 2.75) is 24.3 Å². The first-order valence-electron chi connectivity index (χ1n) is 5.80. The third-order valence-corrected chi connectivity index (χ3v) is 4.47. The molecule has 0 spiro atoms. The number of rotatable bonds is 4. The van der Waals surface area contributed by atoms with Crippen molar-refractivity contribution in [2.24, 2.45) is 0 Å². The van der Waals surface area contributed by atoms with Gasteiger partial charge < -0.3 is 9.84 Å². The molecule has 2 rings (SSSR count). The lowest BCUT2D eigenvalue weighted by atomic mass is 10.0. The number of aliphatic carboxylic acids is 1. The summed E-state index contributed by atoms with van der Waals surface area (Å²) in [7, 11) is 1.65. The average molecular weight is 267 g/mol. The van der Waals surface area contributed by atoms with Gasteiger partial charge in [0.15, 0.2) is 0 Å². The van der Waals surface area contributed by atoms with Gasteiger partial charge in [0.1, 0.15) is 11.8 Å². The van der Waals surface area contributed by atoms with Gasteiger partial charge in [-0.15, -0.1) is 11.8 Å². The molecule has 0 aromatic heterocycles. The number of hydrogen-bond donors (Lipinski definition) is 2. The molecule has 1 heterocycles. The fraction of sp³-hybridized carbons (Fsp3) is 0.462. The van der Waals surface area contributed by atoms with Crippen molar-refractivity contribution in [3.8, 4) is 5.75 Å². The van der Waals surface area contributed by atoms with Crippen molar-refractivity contribution in [3.63, 3.8) is 0 Å². The second kappa shape index (κ2) is 5.20. The van der Waals surface area contributed by atoms with E-state index in [2.05, 4.69) is 5.32 Å². The number of benzene rings is 1. The van der Waals surface area contributed by atoms with E-state index in [-0.39, 0.29) is 4.87 Å². The molecule has 0 amide bonds. The fourth-order valence-corrected chi connectivity index (χ4v) is 3.41. The van der Waals surface area contributed by atoms with Crippen LogP contribution in [0.15, 0.2) is 24.3 Å². The third kappa shape index (κ3) is 2.79. The molecule has 1 unspecified atom stereocenters. The van der Waals surface area contributed by atoms with Gasteiger partial charge in [-0.2, -0.15) is 0 Å². The van der Waals surface area contributed by atoms with E-state index in [1.807, 2.05) is 31.2 Å². The van der Waals surface area contributed by atoms with Crippen molar-refractivity contribution in [1.29, 1.82) is 0 Å². The molecule has 0 bridgehead atoms. The molecule has 1 aliphatic heterocycles. The number of carboxylic acids is 1. The normalized spacial score (nSPS) is 27.1. The first-order chi connectivity index (χ1) is 8.54. The van der Waals surface area contributed by atoms with Crippen LogP contribution in [0.5, 0.6) is 5.75 Å². The van der Waals surface area contributed by atoms with Gasteiger partial charge in [-0.05, 0) is 18.6 Å². The highest BCUT2D eigenvalue weighted by Gasteiger charge is 2.38. The first kappa shape index (κ1) is 13.2. The lowest BCUT2D eigenvalue weighted by Gasteiger charge is -2.25. The Hall–Kier alpha value is -1.20. The summed E-state index contributed by atoms with van der Waals surface area (Å²) < 4.78 is 5.32. The summed E-state index contributed by atoms with van der Waals surface area (Å²) in [6, 6.07) is 7.37. The summed E-state index contributed by atoms with van der Waals surface area (Å²) in [5.41, 5.74) is 1.09. The highest BCUT2D eigenvalue weighted by Crippen LogP contribution is 2.35. The summed E-state index contributed by atoms with van der Waals surface area (Å²) in [6.45, 7) is 2.03.